The quantitative estimate of drug-likeness (QED) is 0.787. The van der Waals surface area contributed by atoms with Crippen molar-refractivity contribution in [3.05, 3.63) is 47.3 Å². The van der Waals surface area contributed by atoms with E-state index in [0.717, 1.165) is 11.1 Å². The van der Waals surface area contributed by atoms with Crippen LogP contribution in [0.15, 0.2) is 30.3 Å². The molecule has 2 aromatic carbocycles. The van der Waals surface area contributed by atoms with Crippen LogP contribution in [-0.4, -0.2) is 28.4 Å². The second-order valence-electron chi connectivity index (χ2n) is 5.49. The Bertz CT molecular complexity index is 721. The number of nitrogens with one attached hydrogen (secondary N) is 1. The number of benzene rings is 2. The molecule has 5 nitrogen and oxygen atoms in total. The van der Waals surface area contributed by atoms with E-state index < -0.39 is 0 Å². The fraction of sp³-hybridized carbons (Fsp3) is 0.368. The van der Waals surface area contributed by atoms with Crippen molar-refractivity contribution >= 4 is 0 Å². The molecular formula is C19H24FNO4. The van der Waals surface area contributed by atoms with Crippen LogP contribution >= 0.6 is 0 Å². The van der Waals surface area contributed by atoms with Gasteiger partial charge in [0, 0.05) is 18.2 Å². The van der Waals surface area contributed by atoms with Crippen molar-refractivity contribution in [2.75, 3.05) is 28.4 Å². The van der Waals surface area contributed by atoms with Crippen molar-refractivity contribution in [3.63, 3.8) is 0 Å². The highest BCUT2D eigenvalue weighted by Crippen LogP contribution is 2.39. The summed E-state index contributed by atoms with van der Waals surface area (Å²) >= 11 is 0. The third-order valence-electron chi connectivity index (χ3n) is 4.06. The second kappa shape index (κ2) is 8.58. The first-order valence-electron chi connectivity index (χ1n) is 7.90. The molecule has 0 heterocycles. The molecule has 0 spiro atoms. The predicted octanol–water partition coefficient (Wildman–Crippen LogP) is 3.71. The molecule has 1 N–H and O–H groups in total. The van der Waals surface area contributed by atoms with Crippen LogP contribution in [-0.2, 0) is 6.54 Å². The zero-order valence-corrected chi connectivity index (χ0v) is 15.2. The molecular weight excluding hydrogens is 325 g/mol. The minimum atomic E-state index is -0.377. The van der Waals surface area contributed by atoms with Gasteiger partial charge in [0.2, 0.25) is 5.75 Å². The fourth-order valence-electron chi connectivity index (χ4n) is 2.64. The van der Waals surface area contributed by atoms with Crippen molar-refractivity contribution in [2.24, 2.45) is 0 Å². The van der Waals surface area contributed by atoms with Gasteiger partial charge in [-0.25, -0.2) is 4.39 Å². The molecule has 0 aliphatic rings. The Morgan fingerprint density at radius 2 is 1.52 bits per heavy atom. The van der Waals surface area contributed by atoms with E-state index in [1.165, 1.54) is 13.2 Å². The molecule has 0 aliphatic carbocycles. The Labute approximate surface area is 147 Å². The summed E-state index contributed by atoms with van der Waals surface area (Å²) in [5, 5.41) is 3.36. The van der Waals surface area contributed by atoms with Gasteiger partial charge in [0.25, 0.3) is 0 Å². The molecule has 25 heavy (non-hydrogen) atoms. The van der Waals surface area contributed by atoms with E-state index in [0.29, 0.717) is 23.8 Å². The lowest BCUT2D eigenvalue weighted by Crippen LogP contribution is -2.19. The van der Waals surface area contributed by atoms with Gasteiger partial charge in [0.1, 0.15) is 0 Å². The van der Waals surface area contributed by atoms with Crippen LogP contribution in [0.4, 0.5) is 4.39 Å². The van der Waals surface area contributed by atoms with Crippen LogP contribution in [0.1, 0.15) is 24.1 Å². The normalized spacial score (nSPS) is 11.8. The van der Waals surface area contributed by atoms with Crippen molar-refractivity contribution in [2.45, 2.75) is 19.5 Å². The number of rotatable bonds is 8. The van der Waals surface area contributed by atoms with Crippen LogP contribution in [0.3, 0.4) is 0 Å². The van der Waals surface area contributed by atoms with E-state index in [9.17, 15) is 4.39 Å². The predicted molar refractivity (Wildman–Crippen MR) is 94.3 cm³/mol. The molecule has 0 saturated heterocycles. The topological polar surface area (TPSA) is 49.0 Å². The summed E-state index contributed by atoms with van der Waals surface area (Å²) in [5.41, 5.74) is 1.75. The smallest absolute Gasteiger partial charge is 0.203 e. The fourth-order valence-corrected chi connectivity index (χ4v) is 2.64. The zero-order valence-electron chi connectivity index (χ0n) is 15.2. The summed E-state index contributed by atoms with van der Waals surface area (Å²) in [4.78, 5) is 0. The van der Waals surface area contributed by atoms with E-state index in [-0.39, 0.29) is 17.6 Å². The van der Waals surface area contributed by atoms with Gasteiger partial charge in [-0.15, -0.1) is 0 Å². The molecule has 0 aromatic heterocycles. The van der Waals surface area contributed by atoms with E-state index in [4.69, 9.17) is 18.9 Å². The highest BCUT2D eigenvalue weighted by atomic mass is 19.1. The highest BCUT2D eigenvalue weighted by Gasteiger charge is 2.16. The van der Waals surface area contributed by atoms with Gasteiger partial charge < -0.3 is 24.3 Å². The molecule has 1 atom stereocenters. The Morgan fingerprint density at radius 1 is 0.880 bits per heavy atom. The molecule has 0 saturated carbocycles. The molecule has 2 rings (SSSR count). The Morgan fingerprint density at radius 3 is 2.08 bits per heavy atom. The van der Waals surface area contributed by atoms with Gasteiger partial charge in [0.15, 0.2) is 23.1 Å². The minimum absolute atomic E-state index is 0.0572. The molecule has 0 fully saturated rings. The lowest BCUT2D eigenvalue weighted by atomic mass is 10.1. The van der Waals surface area contributed by atoms with Crippen molar-refractivity contribution in [1.29, 1.82) is 0 Å². The average Bonchev–Trinajstić information content (AvgIpc) is 2.64. The molecule has 0 bridgehead atoms. The van der Waals surface area contributed by atoms with E-state index in [1.807, 2.05) is 25.1 Å². The van der Waals surface area contributed by atoms with Gasteiger partial charge in [-0.3, -0.25) is 0 Å². The lowest BCUT2D eigenvalue weighted by Gasteiger charge is -2.19. The Kier molecular flexibility index (Phi) is 6.47. The largest absolute Gasteiger partial charge is 0.494 e. The SMILES string of the molecule is COc1ccc([C@@H](C)NCc2ccc(OC)c(OC)c2OC)cc1F. The van der Waals surface area contributed by atoms with Gasteiger partial charge in [0.05, 0.1) is 28.4 Å². The standard InChI is InChI=1S/C19H24FNO4/c1-12(13-6-8-16(22-2)15(20)10-13)21-11-14-7-9-17(23-3)19(25-5)18(14)24-4/h6-10,12,21H,11H2,1-5H3/t12-/m1/s1. The monoisotopic (exact) mass is 349 g/mol. The summed E-state index contributed by atoms with van der Waals surface area (Å²) in [6.07, 6.45) is 0. The average molecular weight is 349 g/mol. The van der Waals surface area contributed by atoms with E-state index in [2.05, 4.69) is 5.32 Å². The third-order valence-corrected chi connectivity index (χ3v) is 4.06. The maximum atomic E-state index is 13.9. The first-order valence-corrected chi connectivity index (χ1v) is 7.90. The number of hydrogen-bond acceptors (Lipinski definition) is 5. The van der Waals surface area contributed by atoms with Gasteiger partial charge in [-0.2, -0.15) is 0 Å². The number of hydrogen-bond donors (Lipinski definition) is 1. The first kappa shape index (κ1) is 18.9. The third kappa shape index (κ3) is 4.14. The van der Waals surface area contributed by atoms with Crippen molar-refractivity contribution in [3.8, 4) is 23.0 Å². The van der Waals surface area contributed by atoms with Crippen molar-refractivity contribution in [1.82, 2.24) is 5.32 Å². The molecule has 0 amide bonds. The summed E-state index contributed by atoms with van der Waals surface area (Å²) < 4.78 is 35.0. The molecule has 136 valence electrons. The van der Waals surface area contributed by atoms with Crippen molar-refractivity contribution < 1.29 is 23.3 Å². The van der Waals surface area contributed by atoms with E-state index in [1.54, 1.807) is 27.4 Å². The number of ether oxygens (including phenoxy) is 4. The zero-order chi connectivity index (χ0) is 18.4. The first-order chi connectivity index (χ1) is 12.0. The summed E-state index contributed by atoms with van der Waals surface area (Å²) in [5.74, 6) is 1.62. The van der Waals surface area contributed by atoms with Crippen LogP contribution in [0, 0.1) is 5.82 Å². The van der Waals surface area contributed by atoms with Gasteiger partial charge >= 0.3 is 0 Å². The summed E-state index contributed by atoms with van der Waals surface area (Å²) in [6, 6.07) is 8.62. The maximum absolute atomic E-state index is 13.9. The molecule has 0 radical (unpaired) electrons. The minimum Gasteiger partial charge on any atom is -0.494 e. The number of halogens is 1. The summed E-state index contributed by atoms with van der Waals surface area (Å²) in [6.45, 7) is 2.49. The van der Waals surface area contributed by atoms with Crippen LogP contribution in [0.2, 0.25) is 0 Å². The molecule has 2 aromatic rings. The molecule has 0 unspecified atom stereocenters. The van der Waals surface area contributed by atoms with Crippen LogP contribution in [0.5, 0.6) is 23.0 Å². The van der Waals surface area contributed by atoms with Gasteiger partial charge in [-0.05, 0) is 30.7 Å². The van der Waals surface area contributed by atoms with Crippen LogP contribution < -0.4 is 24.3 Å². The molecule has 6 heteroatoms. The molecule has 0 aliphatic heterocycles. The Balaban J connectivity index is 2.16. The van der Waals surface area contributed by atoms with E-state index >= 15 is 0 Å². The highest BCUT2D eigenvalue weighted by molar-refractivity contribution is 5.55. The van der Waals surface area contributed by atoms with Crippen LogP contribution in [0.25, 0.3) is 0 Å². The second-order valence-corrected chi connectivity index (χ2v) is 5.49. The summed E-state index contributed by atoms with van der Waals surface area (Å²) in [7, 11) is 6.18. The maximum Gasteiger partial charge on any atom is 0.203 e. The Hall–Kier alpha value is -2.47. The van der Waals surface area contributed by atoms with Gasteiger partial charge in [-0.1, -0.05) is 12.1 Å². The number of methoxy groups -OCH3 is 4. The lowest BCUT2D eigenvalue weighted by molar-refractivity contribution is 0.321.